The number of carbonyl (C=O) groups excluding carboxylic acids is 1. The molecule has 0 saturated carbocycles. The van der Waals surface area contributed by atoms with Crippen molar-refractivity contribution in [1.82, 2.24) is 0 Å². The van der Waals surface area contributed by atoms with E-state index in [9.17, 15) is 4.79 Å². The van der Waals surface area contributed by atoms with Gasteiger partial charge in [0, 0.05) is 19.3 Å². The molecule has 112 valence electrons. The van der Waals surface area contributed by atoms with Crippen LogP contribution in [0.1, 0.15) is 34.1 Å². The van der Waals surface area contributed by atoms with Crippen LogP contribution in [0.3, 0.4) is 0 Å². The lowest BCUT2D eigenvalue weighted by Gasteiger charge is -2.36. The molecular weight excluding hydrogens is 292 g/mol. The molecule has 0 atom stereocenters. The van der Waals surface area contributed by atoms with Gasteiger partial charge in [-0.15, -0.1) is 0 Å². The van der Waals surface area contributed by atoms with Crippen molar-refractivity contribution in [1.29, 1.82) is 0 Å². The average molecular weight is 321 g/mol. The predicted octanol–water partition coefficient (Wildman–Crippen LogP) is 4.92. The van der Waals surface area contributed by atoms with Crippen LogP contribution in [0.5, 0.6) is 0 Å². The first-order chi connectivity index (χ1) is 8.67. The maximum Gasteiger partial charge on any atom is 0.191 e. The molecule has 0 aromatic rings. The van der Waals surface area contributed by atoms with Crippen LogP contribution >= 0.6 is 23.5 Å². The van der Waals surface area contributed by atoms with Crippen LogP contribution in [0.4, 0.5) is 0 Å². The van der Waals surface area contributed by atoms with Crippen molar-refractivity contribution < 1.29 is 9.22 Å². The van der Waals surface area contributed by atoms with E-state index in [4.69, 9.17) is 4.43 Å². The Bertz CT molecular complexity index is 296. The van der Waals surface area contributed by atoms with E-state index < -0.39 is 8.32 Å². The fraction of sp³-hybridized carbons (Fsp3) is 0.786. The highest BCUT2D eigenvalue weighted by atomic mass is 32.2. The summed E-state index contributed by atoms with van der Waals surface area (Å²) in [4.78, 5) is 10.7. The van der Waals surface area contributed by atoms with Gasteiger partial charge in [0.05, 0.1) is 0 Å². The van der Waals surface area contributed by atoms with Crippen molar-refractivity contribution in [2.24, 2.45) is 0 Å². The van der Waals surface area contributed by atoms with E-state index in [-0.39, 0.29) is 5.12 Å². The maximum absolute atomic E-state index is 10.7. The number of rotatable bonds is 8. The first-order valence-electron chi connectivity index (χ1n) is 6.71. The van der Waals surface area contributed by atoms with Gasteiger partial charge in [0.1, 0.15) is 0 Å². The molecule has 0 unspecified atom stereocenters. The largest absolute Gasteiger partial charge is 0.417 e. The Morgan fingerprint density at radius 1 is 1.32 bits per heavy atom. The lowest BCUT2D eigenvalue weighted by molar-refractivity contribution is -0.109. The zero-order chi connectivity index (χ0) is 14.9. The third-order valence-electron chi connectivity index (χ3n) is 3.25. The highest BCUT2D eigenvalue weighted by Gasteiger charge is 2.36. The Hall–Kier alpha value is 0.287. The molecule has 0 radical (unpaired) electrons. The fourth-order valence-corrected chi connectivity index (χ4v) is 3.35. The van der Waals surface area contributed by atoms with Crippen molar-refractivity contribution >= 4 is 37.0 Å². The predicted molar refractivity (Wildman–Crippen MR) is 92.5 cm³/mol. The van der Waals surface area contributed by atoms with Crippen molar-refractivity contribution in [3.05, 3.63) is 11.5 Å². The number of hydrogen-bond acceptors (Lipinski definition) is 4. The summed E-state index contributed by atoms with van der Waals surface area (Å²) >= 11 is 3.14. The van der Waals surface area contributed by atoms with Gasteiger partial charge >= 0.3 is 0 Å². The van der Waals surface area contributed by atoms with E-state index in [0.717, 1.165) is 24.5 Å². The summed E-state index contributed by atoms with van der Waals surface area (Å²) in [6.45, 7) is 13.8. The molecule has 0 heterocycles. The molecule has 0 spiro atoms. The average Bonchev–Trinajstić information content (AvgIpc) is 2.24. The van der Waals surface area contributed by atoms with E-state index in [0.29, 0.717) is 5.04 Å². The van der Waals surface area contributed by atoms with Gasteiger partial charge in [-0.25, -0.2) is 0 Å². The third kappa shape index (κ3) is 9.77. The topological polar surface area (TPSA) is 26.3 Å². The summed E-state index contributed by atoms with van der Waals surface area (Å²) in [6, 6.07) is 0. The van der Waals surface area contributed by atoms with E-state index in [2.05, 4.69) is 33.9 Å². The van der Waals surface area contributed by atoms with Crippen molar-refractivity contribution in [2.45, 2.75) is 52.2 Å². The van der Waals surface area contributed by atoms with Crippen molar-refractivity contribution in [2.75, 3.05) is 18.1 Å². The zero-order valence-corrected chi connectivity index (χ0v) is 15.7. The van der Waals surface area contributed by atoms with Crippen LogP contribution in [0.25, 0.3) is 0 Å². The Morgan fingerprint density at radius 3 is 2.47 bits per heavy atom. The summed E-state index contributed by atoms with van der Waals surface area (Å²) in [5.74, 6) is 2.09. The van der Waals surface area contributed by atoms with Crippen LogP contribution < -0.4 is 0 Å². The number of hydrogen-bond donors (Lipinski definition) is 0. The summed E-state index contributed by atoms with van der Waals surface area (Å²) in [7, 11) is -1.56. The van der Waals surface area contributed by atoms with E-state index in [1.165, 1.54) is 11.8 Å². The van der Waals surface area contributed by atoms with Crippen molar-refractivity contribution in [3.63, 3.8) is 0 Å². The summed E-state index contributed by atoms with van der Waals surface area (Å²) in [5, 5.41) is 2.32. The molecule has 0 aromatic heterocycles. The lowest BCUT2D eigenvalue weighted by atomic mass is 10.2. The minimum absolute atomic E-state index is 0.143. The number of thioether (sulfide) groups is 2. The van der Waals surface area contributed by atoms with Gasteiger partial charge in [-0.3, -0.25) is 4.79 Å². The monoisotopic (exact) mass is 320 g/mol. The molecule has 0 amide bonds. The molecule has 0 saturated heterocycles. The molecule has 0 aliphatic rings. The second-order valence-electron chi connectivity index (χ2n) is 6.02. The van der Waals surface area contributed by atoms with Gasteiger partial charge in [0.2, 0.25) is 0 Å². The molecule has 19 heavy (non-hydrogen) atoms. The molecule has 0 bridgehead atoms. The lowest BCUT2D eigenvalue weighted by Crippen LogP contribution is -2.41. The highest BCUT2D eigenvalue weighted by Crippen LogP contribution is 2.36. The van der Waals surface area contributed by atoms with Crippen molar-refractivity contribution in [3.8, 4) is 0 Å². The normalized spacial score (nSPS) is 13.2. The quantitative estimate of drug-likeness (QED) is 0.468. The van der Waals surface area contributed by atoms with Gasteiger partial charge in [0.15, 0.2) is 13.4 Å². The maximum atomic E-state index is 10.7. The summed E-state index contributed by atoms with van der Waals surface area (Å²) < 4.78 is 6.11. The van der Waals surface area contributed by atoms with Gasteiger partial charge in [-0.1, -0.05) is 38.6 Å². The SMILES string of the molecule is CC(=O)S/C=C/CSCCCO[Si](C)(C)C(C)(C)C. The number of carbonyl (C=O) groups is 1. The second-order valence-corrected chi connectivity index (χ2v) is 13.1. The Labute approximate surface area is 128 Å². The molecular formula is C14H28O2S2Si. The van der Waals surface area contributed by atoms with Crippen LogP contribution in [0.15, 0.2) is 11.5 Å². The molecule has 0 N–H and O–H groups in total. The van der Waals surface area contributed by atoms with Crippen LogP contribution in [-0.2, 0) is 9.22 Å². The first-order valence-corrected chi connectivity index (χ1v) is 11.6. The fourth-order valence-electron chi connectivity index (χ4n) is 1.04. The smallest absolute Gasteiger partial charge is 0.191 e. The second kappa shape index (κ2) is 9.26. The highest BCUT2D eigenvalue weighted by molar-refractivity contribution is 8.16. The van der Waals surface area contributed by atoms with Gasteiger partial charge < -0.3 is 4.43 Å². The van der Waals surface area contributed by atoms with Crippen LogP contribution in [0.2, 0.25) is 18.1 Å². The standard InChI is InChI=1S/C14H28O2S2Si/c1-13(15)18-12-8-11-17-10-7-9-16-19(5,6)14(2,3)4/h8,12H,7,9-11H2,1-6H3/b12-8+. The molecule has 0 aliphatic heterocycles. The van der Waals surface area contributed by atoms with Gasteiger partial charge in [-0.05, 0) is 35.7 Å². The van der Waals surface area contributed by atoms with E-state index >= 15 is 0 Å². The van der Waals surface area contributed by atoms with Crippen LogP contribution in [0, 0.1) is 0 Å². The molecule has 2 nitrogen and oxygen atoms in total. The first kappa shape index (κ1) is 19.3. The third-order valence-corrected chi connectivity index (χ3v) is 9.45. The molecule has 5 heteroatoms. The van der Waals surface area contributed by atoms with Gasteiger partial charge in [-0.2, -0.15) is 11.8 Å². The molecule has 0 rings (SSSR count). The summed E-state index contributed by atoms with van der Waals surface area (Å²) in [5.41, 5.74) is 0. The molecule has 0 aliphatic carbocycles. The summed E-state index contributed by atoms with van der Waals surface area (Å²) in [6.07, 6.45) is 3.15. The Kier molecular flexibility index (Phi) is 9.40. The zero-order valence-electron chi connectivity index (χ0n) is 13.1. The Morgan fingerprint density at radius 2 is 1.95 bits per heavy atom. The van der Waals surface area contributed by atoms with E-state index in [1.54, 1.807) is 6.92 Å². The minimum atomic E-state index is -1.56. The molecule has 0 fully saturated rings. The van der Waals surface area contributed by atoms with Gasteiger partial charge in [0.25, 0.3) is 0 Å². The van der Waals surface area contributed by atoms with E-state index in [1.807, 2.05) is 23.2 Å². The Balaban J connectivity index is 3.56. The molecule has 0 aromatic carbocycles. The van der Waals surface area contributed by atoms with Crippen LogP contribution in [-0.4, -0.2) is 31.5 Å². The minimum Gasteiger partial charge on any atom is -0.417 e.